The Balaban J connectivity index is 1.39. The number of morpholine rings is 1. The molecule has 0 aliphatic carbocycles. The van der Waals surface area contributed by atoms with Gasteiger partial charge >= 0.3 is 0 Å². The van der Waals surface area contributed by atoms with E-state index in [0.717, 1.165) is 70.2 Å². The highest BCUT2D eigenvalue weighted by atomic mass is 16.5. The van der Waals surface area contributed by atoms with Crippen LogP contribution in [0.15, 0.2) is 12.3 Å². The molecule has 0 aromatic carbocycles. The molecule has 0 bridgehead atoms. The van der Waals surface area contributed by atoms with E-state index < -0.39 is 0 Å². The summed E-state index contributed by atoms with van der Waals surface area (Å²) in [6.45, 7) is 9.56. The van der Waals surface area contributed by atoms with Gasteiger partial charge in [0.2, 0.25) is 5.95 Å². The summed E-state index contributed by atoms with van der Waals surface area (Å²) in [5, 5.41) is 0. The summed E-state index contributed by atoms with van der Waals surface area (Å²) in [6, 6.07) is 2.06. The standard InChI is InChI=1S/C18H29N5O/c1-2-8-22(7-1)17-5-6-19-18(20-17)23-9-3-4-16(15-23)14-21-10-12-24-13-11-21/h5-6,16H,1-4,7-15H2/t16-/m0/s1. The van der Waals surface area contributed by atoms with Crippen LogP contribution in [0.3, 0.4) is 0 Å². The van der Waals surface area contributed by atoms with Gasteiger partial charge in [-0.15, -0.1) is 0 Å². The Morgan fingerprint density at radius 1 is 1.00 bits per heavy atom. The van der Waals surface area contributed by atoms with Gasteiger partial charge in [0.15, 0.2) is 0 Å². The summed E-state index contributed by atoms with van der Waals surface area (Å²) in [5.74, 6) is 2.75. The molecule has 3 fully saturated rings. The van der Waals surface area contributed by atoms with Crippen LogP contribution in [0.2, 0.25) is 0 Å². The molecular weight excluding hydrogens is 302 g/mol. The molecule has 0 unspecified atom stereocenters. The monoisotopic (exact) mass is 331 g/mol. The number of hydrogen-bond donors (Lipinski definition) is 0. The first-order valence-electron chi connectivity index (χ1n) is 9.51. The summed E-state index contributed by atoms with van der Waals surface area (Å²) in [5.41, 5.74) is 0. The highest BCUT2D eigenvalue weighted by Gasteiger charge is 2.25. The van der Waals surface area contributed by atoms with Gasteiger partial charge in [-0.05, 0) is 37.7 Å². The van der Waals surface area contributed by atoms with Gasteiger partial charge in [0.05, 0.1) is 13.2 Å². The lowest BCUT2D eigenvalue weighted by Crippen LogP contribution is -2.45. The van der Waals surface area contributed by atoms with Crippen LogP contribution >= 0.6 is 0 Å². The van der Waals surface area contributed by atoms with Crippen LogP contribution in [0.25, 0.3) is 0 Å². The first kappa shape index (κ1) is 16.1. The molecule has 1 aromatic rings. The molecule has 0 amide bonds. The number of anilines is 2. The smallest absolute Gasteiger partial charge is 0.227 e. The molecule has 132 valence electrons. The minimum atomic E-state index is 0.718. The maximum atomic E-state index is 5.46. The number of piperidine rings is 1. The van der Waals surface area contributed by atoms with Gasteiger partial charge in [0.25, 0.3) is 0 Å². The lowest BCUT2D eigenvalue weighted by Gasteiger charge is -2.37. The zero-order valence-corrected chi connectivity index (χ0v) is 14.6. The van der Waals surface area contributed by atoms with Crippen molar-refractivity contribution < 1.29 is 4.74 Å². The molecule has 1 atom stereocenters. The van der Waals surface area contributed by atoms with Gasteiger partial charge < -0.3 is 14.5 Å². The lowest BCUT2D eigenvalue weighted by molar-refractivity contribution is 0.0296. The molecule has 0 radical (unpaired) electrons. The second kappa shape index (κ2) is 7.66. The van der Waals surface area contributed by atoms with Crippen molar-refractivity contribution in [2.45, 2.75) is 25.7 Å². The van der Waals surface area contributed by atoms with Gasteiger partial charge in [-0.3, -0.25) is 4.90 Å². The maximum absolute atomic E-state index is 5.46. The molecule has 6 heteroatoms. The van der Waals surface area contributed by atoms with Crippen molar-refractivity contribution in [1.29, 1.82) is 0 Å². The molecular formula is C18H29N5O. The molecule has 3 aliphatic rings. The number of rotatable bonds is 4. The Kier molecular flexibility index (Phi) is 5.13. The van der Waals surface area contributed by atoms with Gasteiger partial charge in [-0.1, -0.05) is 0 Å². The first-order valence-corrected chi connectivity index (χ1v) is 9.51. The summed E-state index contributed by atoms with van der Waals surface area (Å²) in [4.78, 5) is 16.8. The fraction of sp³-hybridized carbons (Fsp3) is 0.778. The number of hydrogen-bond acceptors (Lipinski definition) is 6. The minimum Gasteiger partial charge on any atom is -0.379 e. The van der Waals surface area contributed by atoms with Gasteiger partial charge in [0.1, 0.15) is 5.82 Å². The van der Waals surface area contributed by atoms with Crippen LogP contribution in [0.5, 0.6) is 0 Å². The molecule has 0 N–H and O–H groups in total. The van der Waals surface area contributed by atoms with E-state index in [-0.39, 0.29) is 0 Å². The van der Waals surface area contributed by atoms with E-state index in [1.54, 1.807) is 0 Å². The van der Waals surface area contributed by atoms with Gasteiger partial charge in [-0.25, -0.2) is 4.98 Å². The lowest BCUT2D eigenvalue weighted by atomic mass is 9.97. The van der Waals surface area contributed by atoms with Crippen LogP contribution in [-0.4, -0.2) is 73.9 Å². The fourth-order valence-corrected chi connectivity index (χ4v) is 4.16. The number of nitrogens with zero attached hydrogens (tertiary/aromatic N) is 5. The van der Waals surface area contributed by atoms with E-state index >= 15 is 0 Å². The summed E-state index contributed by atoms with van der Waals surface area (Å²) in [6.07, 6.45) is 7.06. The largest absolute Gasteiger partial charge is 0.379 e. The second-order valence-electron chi connectivity index (χ2n) is 7.28. The molecule has 4 rings (SSSR count). The van der Waals surface area contributed by atoms with Crippen molar-refractivity contribution in [2.75, 3.05) is 68.8 Å². The predicted octanol–water partition coefficient (Wildman–Crippen LogP) is 1.63. The van der Waals surface area contributed by atoms with Crippen molar-refractivity contribution >= 4 is 11.8 Å². The van der Waals surface area contributed by atoms with E-state index in [0.29, 0.717) is 0 Å². The summed E-state index contributed by atoms with van der Waals surface area (Å²) < 4.78 is 5.46. The molecule has 1 aromatic heterocycles. The van der Waals surface area contributed by atoms with Crippen molar-refractivity contribution in [3.63, 3.8) is 0 Å². The number of ether oxygens (including phenoxy) is 1. The van der Waals surface area contributed by atoms with Crippen LogP contribution in [0, 0.1) is 5.92 Å². The highest BCUT2D eigenvalue weighted by Crippen LogP contribution is 2.24. The Hall–Kier alpha value is -1.40. The normalized spacial score (nSPS) is 26.1. The topological polar surface area (TPSA) is 44.7 Å². The van der Waals surface area contributed by atoms with Crippen molar-refractivity contribution in [3.8, 4) is 0 Å². The molecule has 6 nitrogen and oxygen atoms in total. The van der Waals surface area contributed by atoms with Crippen LogP contribution in [0.1, 0.15) is 25.7 Å². The third kappa shape index (κ3) is 3.81. The van der Waals surface area contributed by atoms with Crippen LogP contribution in [0.4, 0.5) is 11.8 Å². The van der Waals surface area contributed by atoms with E-state index in [1.165, 1.54) is 32.2 Å². The van der Waals surface area contributed by atoms with E-state index in [2.05, 4.69) is 25.8 Å². The summed E-state index contributed by atoms with van der Waals surface area (Å²) in [7, 11) is 0. The molecule has 24 heavy (non-hydrogen) atoms. The highest BCUT2D eigenvalue weighted by molar-refractivity contribution is 5.44. The SMILES string of the molecule is c1cc(N2CCCC2)nc(N2CCC[C@@H](CN3CCOCC3)C2)n1. The Morgan fingerprint density at radius 3 is 2.62 bits per heavy atom. The van der Waals surface area contributed by atoms with Gasteiger partial charge in [-0.2, -0.15) is 4.98 Å². The fourth-order valence-electron chi connectivity index (χ4n) is 4.16. The quantitative estimate of drug-likeness (QED) is 0.835. The van der Waals surface area contributed by atoms with Crippen molar-refractivity contribution in [3.05, 3.63) is 12.3 Å². The second-order valence-corrected chi connectivity index (χ2v) is 7.28. The maximum Gasteiger partial charge on any atom is 0.227 e. The molecule has 3 saturated heterocycles. The van der Waals surface area contributed by atoms with E-state index in [4.69, 9.17) is 9.72 Å². The third-order valence-corrected chi connectivity index (χ3v) is 5.48. The van der Waals surface area contributed by atoms with E-state index in [1.807, 2.05) is 6.20 Å². The number of aromatic nitrogens is 2. The van der Waals surface area contributed by atoms with E-state index in [9.17, 15) is 0 Å². The molecule has 3 aliphatic heterocycles. The van der Waals surface area contributed by atoms with Crippen LogP contribution < -0.4 is 9.80 Å². The summed E-state index contributed by atoms with van der Waals surface area (Å²) >= 11 is 0. The van der Waals surface area contributed by atoms with Crippen molar-refractivity contribution in [1.82, 2.24) is 14.9 Å². The first-order chi connectivity index (χ1) is 11.9. The Morgan fingerprint density at radius 2 is 1.79 bits per heavy atom. The molecule has 0 saturated carbocycles. The average molecular weight is 331 g/mol. The zero-order chi connectivity index (χ0) is 16.2. The van der Waals surface area contributed by atoms with Crippen molar-refractivity contribution in [2.24, 2.45) is 5.92 Å². The Labute approximate surface area is 144 Å². The average Bonchev–Trinajstić information content (AvgIpc) is 3.18. The Bertz CT molecular complexity index is 528. The third-order valence-electron chi connectivity index (χ3n) is 5.48. The van der Waals surface area contributed by atoms with Gasteiger partial charge in [0, 0.05) is 52.0 Å². The zero-order valence-electron chi connectivity index (χ0n) is 14.6. The van der Waals surface area contributed by atoms with Crippen LogP contribution in [-0.2, 0) is 4.74 Å². The molecule has 4 heterocycles. The minimum absolute atomic E-state index is 0.718. The molecule has 0 spiro atoms. The predicted molar refractivity (Wildman–Crippen MR) is 95.7 cm³/mol.